The molecule has 2 aromatic carbocycles. The Morgan fingerprint density at radius 3 is 2.76 bits per heavy atom. The van der Waals surface area contributed by atoms with Crippen molar-refractivity contribution in [3.63, 3.8) is 0 Å². The highest BCUT2D eigenvalue weighted by Crippen LogP contribution is 2.28. The number of halogens is 2. The van der Waals surface area contributed by atoms with E-state index in [-0.39, 0.29) is 28.5 Å². The van der Waals surface area contributed by atoms with Crippen LogP contribution in [0.2, 0.25) is 0 Å². The van der Waals surface area contributed by atoms with Gasteiger partial charge in [0.05, 0.1) is 17.3 Å². The quantitative estimate of drug-likeness (QED) is 0.439. The van der Waals surface area contributed by atoms with Gasteiger partial charge in [-0.15, -0.1) is 0 Å². The predicted molar refractivity (Wildman–Crippen MR) is 101 cm³/mol. The number of amides is 1. The van der Waals surface area contributed by atoms with Gasteiger partial charge in [0, 0.05) is 11.5 Å². The van der Waals surface area contributed by atoms with Crippen molar-refractivity contribution in [2.45, 2.75) is 0 Å². The van der Waals surface area contributed by atoms with Crippen LogP contribution in [0.15, 0.2) is 59.5 Å². The van der Waals surface area contributed by atoms with Crippen molar-refractivity contribution in [3.05, 3.63) is 72.3 Å². The zero-order chi connectivity index (χ0) is 20.4. The van der Waals surface area contributed by atoms with Gasteiger partial charge in [-0.3, -0.25) is 4.79 Å². The summed E-state index contributed by atoms with van der Waals surface area (Å²) in [5.41, 5.74) is 7.58. The van der Waals surface area contributed by atoms with E-state index in [1.54, 1.807) is 18.2 Å². The van der Waals surface area contributed by atoms with Gasteiger partial charge >= 0.3 is 5.95 Å². The topological polar surface area (TPSA) is 115 Å². The minimum atomic E-state index is -1.06. The molecule has 4 rings (SSSR count). The number of anilines is 3. The third-order valence-corrected chi connectivity index (χ3v) is 4.03. The van der Waals surface area contributed by atoms with Crippen LogP contribution < -0.4 is 21.4 Å². The van der Waals surface area contributed by atoms with Gasteiger partial charge in [-0.25, -0.2) is 24.2 Å². The van der Waals surface area contributed by atoms with Gasteiger partial charge in [0.25, 0.3) is 5.91 Å². The molecule has 0 fully saturated rings. The Balaban J connectivity index is 1.63. The molecule has 8 nitrogen and oxygen atoms in total. The fourth-order valence-corrected chi connectivity index (χ4v) is 2.64. The second kappa shape index (κ2) is 7.43. The van der Waals surface area contributed by atoms with Gasteiger partial charge in [-0.1, -0.05) is 6.07 Å². The van der Waals surface area contributed by atoms with Crippen LogP contribution in [0, 0.1) is 11.6 Å². The van der Waals surface area contributed by atoms with Crippen molar-refractivity contribution in [1.29, 1.82) is 0 Å². The van der Waals surface area contributed by atoms with Gasteiger partial charge in [0.15, 0.2) is 5.82 Å². The number of nitrogens with one attached hydrogen (secondary N) is 2. The molecular weight excluding hydrogens is 384 g/mol. The number of nitrogens with zero attached hydrogens (tertiary/aromatic N) is 2. The molecule has 0 aliphatic rings. The number of hydrogen-bond acceptors (Lipinski definition) is 7. The molecule has 4 aromatic rings. The molecule has 4 N–H and O–H groups in total. The van der Waals surface area contributed by atoms with E-state index >= 15 is 0 Å². The molecule has 2 heterocycles. The molecule has 0 aliphatic heterocycles. The number of hydrogen-bond donors (Lipinski definition) is 3. The monoisotopic (exact) mass is 397 g/mol. The third kappa shape index (κ3) is 3.50. The van der Waals surface area contributed by atoms with E-state index in [2.05, 4.69) is 20.8 Å². The molecule has 0 bridgehead atoms. The molecule has 0 atom stereocenters. The van der Waals surface area contributed by atoms with E-state index in [9.17, 15) is 13.6 Å². The molecule has 0 saturated heterocycles. The lowest BCUT2D eigenvalue weighted by molar-refractivity contribution is 0.102. The Morgan fingerprint density at radius 2 is 1.97 bits per heavy atom. The van der Waals surface area contributed by atoms with Crippen molar-refractivity contribution in [1.82, 2.24) is 9.97 Å². The molecular formula is C19H13F2N5O3. The third-order valence-electron chi connectivity index (χ3n) is 4.03. The van der Waals surface area contributed by atoms with Gasteiger partial charge in [-0.2, -0.15) is 0 Å². The first-order valence-electron chi connectivity index (χ1n) is 8.29. The molecule has 2 aromatic heterocycles. The lowest BCUT2D eigenvalue weighted by atomic mass is 10.1. The second-order valence-electron chi connectivity index (χ2n) is 5.83. The van der Waals surface area contributed by atoms with Crippen molar-refractivity contribution in [2.75, 3.05) is 16.5 Å². The number of nitrogens with two attached hydrogens (primary N) is 1. The molecule has 0 saturated carbocycles. The van der Waals surface area contributed by atoms with Crippen LogP contribution in [0.5, 0.6) is 5.95 Å². The van der Waals surface area contributed by atoms with Crippen LogP contribution in [-0.4, -0.2) is 15.9 Å². The number of carbonyl (C=O) groups excluding carboxylic acids is 1. The highest BCUT2D eigenvalue weighted by atomic mass is 19.1. The first kappa shape index (κ1) is 18.2. The summed E-state index contributed by atoms with van der Waals surface area (Å²) in [5.74, 6) is -2.53. The van der Waals surface area contributed by atoms with Crippen LogP contribution in [0.3, 0.4) is 0 Å². The summed E-state index contributed by atoms with van der Waals surface area (Å²) >= 11 is 0. The van der Waals surface area contributed by atoms with E-state index in [0.717, 1.165) is 12.1 Å². The molecule has 0 radical (unpaired) electrons. The average Bonchev–Trinajstić information content (AvgIpc) is 3.24. The largest absolute Gasteiger partial charge is 0.433 e. The first-order valence-corrected chi connectivity index (χ1v) is 8.29. The Bertz CT molecular complexity index is 1200. The minimum absolute atomic E-state index is 0.0762. The molecule has 29 heavy (non-hydrogen) atoms. The van der Waals surface area contributed by atoms with Crippen molar-refractivity contribution in [3.8, 4) is 5.95 Å². The maximum absolute atomic E-state index is 14.7. The smallest absolute Gasteiger partial charge is 0.311 e. The Hall–Kier alpha value is -4.21. The van der Waals surface area contributed by atoms with Crippen LogP contribution in [0.25, 0.3) is 10.9 Å². The number of furan rings is 1. The predicted octanol–water partition coefficient (Wildman–Crippen LogP) is 3.74. The van der Waals surface area contributed by atoms with E-state index in [4.69, 9.17) is 15.0 Å². The van der Waals surface area contributed by atoms with E-state index in [1.807, 2.05) is 0 Å². The van der Waals surface area contributed by atoms with Crippen LogP contribution in [0.1, 0.15) is 10.4 Å². The SMILES string of the molecule is Nc1ncnc2c(C(=O)Nc3c(F)ccc(NOc4ccco4)c3F)cccc12. The minimum Gasteiger partial charge on any atom is -0.433 e. The fourth-order valence-electron chi connectivity index (χ4n) is 2.64. The number of fused-ring (bicyclic) bond motifs is 1. The van der Waals surface area contributed by atoms with Crippen LogP contribution in [0.4, 0.5) is 26.0 Å². The summed E-state index contributed by atoms with van der Waals surface area (Å²) in [7, 11) is 0. The molecule has 0 spiro atoms. The Kier molecular flexibility index (Phi) is 4.65. The lowest BCUT2D eigenvalue weighted by Gasteiger charge is -2.13. The number of nitrogen functional groups attached to an aromatic ring is 1. The number of para-hydroxylation sites is 1. The summed E-state index contributed by atoms with van der Waals surface area (Å²) < 4.78 is 33.9. The maximum atomic E-state index is 14.7. The van der Waals surface area contributed by atoms with Gasteiger partial charge in [0.2, 0.25) is 0 Å². The normalized spacial score (nSPS) is 10.7. The Morgan fingerprint density at radius 1 is 1.10 bits per heavy atom. The molecule has 0 unspecified atom stereocenters. The van der Waals surface area contributed by atoms with Crippen LogP contribution >= 0.6 is 0 Å². The van der Waals surface area contributed by atoms with Crippen molar-refractivity contribution < 1.29 is 22.8 Å². The van der Waals surface area contributed by atoms with E-state index in [0.29, 0.717) is 5.39 Å². The van der Waals surface area contributed by atoms with Crippen molar-refractivity contribution in [2.24, 2.45) is 0 Å². The van der Waals surface area contributed by atoms with Gasteiger partial charge in [0.1, 0.15) is 29.3 Å². The highest BCUT2D eigenvalue weighted by molar-refractivity contribution is 6.13. The second-order valence-corrected chi connectivity index (χ2v) is 5.83. The summed E-state index contributed by atoms with van der Waals surface area (Å²) in [6.07, 6.45) is 2.57. The standard InChI is InChI=1S/C19H13F2N5O3/c20-12-6-7-13(26-29-14-5-2-8-28-14)15(21)17(12)25-19(27)11-4-1-3-10-16(11)23-9-24-18(10)22/h1-9,26H,(H,25,27)(H2,22,23,24). The van der Waals surface area contributed by atoms with E-state index < -0.39 is 23.2 Å². The van der Waals surface area contributed by atoms with E-state index in [1.165, 1.54) is 24.7 Å². The molecule has 0 aliphatic carbocycles. The maximum Gasteiger partial charge on any atom is 0.311 e. The molecule has 10 heteroatoms. The molecule has 1 amide bonds. The highest BCUT2D eigenvalue weighted by Gasteiger charge is 2.20. The first-order chi connectivity index (χ1) is 14.0. The van der Waals surface area contributed by atoms with Gasteiger partial charge < -0.3 is 20.3 Å². The average molecular weight is 397 g/mol. The lowest BCUT2D eigenvalue weighted by Crippen LogP contribution is -2.16. The van der Waals surface area contributed by atoms with Crippen LogP contribution in [-0.2, 0) is 0 Å². The number of rotatable bonds is 5. The summed E-state index contributed by atoms with van der Waals surface area (Å²) in [4.78, 5) is 25.6. The van der Waals surface area contributed by atoms with Crippen molar-refractivity contribution >= 4 is 34.0 Å². The summed E-state index contributed by atoms with van der Waals surface area (Å²) in [6, 6.07) is 9.83. The number of benzene rings is 2. The summed E-state index contributed by atoms with van der Waals surface area (Å²) in [5, 5.41) is 2.68. The van der Waals surface area contributed by atoms with Gasteiger partial charge in [-0.05, 0) is 30.3 Å². The number of aromatic nitrogens is 2. The summed E-state index contributed by atoms with van der Waals surface area (Å²) in [6.45, 7) is 0. The number of carbonyl (C=O) groups is 1. The zero-order valence-electron chi connectivity index (χ0n) is 14.6. The molecule has 146 valence electrons. The fraction of sp³-hybridized carbons (Fsp3) is 0. The zero-order valence-corrected chi connectivity index (χ0v) is 14.6. The Labute approximate surface area is 162 Å².